The van der Waals surface area contributed by atoms with Gasteiger partial charge in [-0.2, -0.15) is 0 Å². The maximum Gasteiger partial charge on any atom is 2.00 e. The van der Waals surface area contributed by atoms with Crippen LogP contribution in [0.5, 0.6) is 0 Å². The van der Waals surface area contributed by atoms with E-state index in [1.807, 2.05) is 72.8 Å². The minimum atomic E-state index is 0. The van der Waals surface area contributed by atoms with Gasteiger partial charge in [0.15, 0.2) is 0 Å². The summed E-state index contributed by atoms with van der Waals surface area (Å²) in [6.07, 6.45) is 12.7. The van der Waals surface area contributed by atoms with Gasteiger partial charge in [-0.15, -0.1) is 47.5 Å². The molecule has 0 atom stereocenters. The monoisotopic (exact) mass is 1070 g/mol. The van der Waals surface area contributed by atoms with Crippen molar-refractivity contribution >= 4 is 9.42 Å². The van der Waals surface area contributed by atoms with E-state index in [-0.39, 0.29) is 50.6 Å². The maximum absolute atomic E-state index is 4.61. The van der Waals surface area contributed by atoms with Crippen molar-refractivity contribution in [1.82, 2.24) is 50.3 Å². The minimum Gasteiger partial charge on any atom is -0.432 e. The van der Waals surface area contributed by atoms with Crippen LogP contribution in [0.2, 0.25) is 0 Å². The number of aryl methyl sites for hydroxylation is 2. The number of aromatic nitrogens is 10. The van der Waals surface area contributed by atoms with Crippen molar-refractivity contribution in [3.63, 3.8) is 0 Å². The summed E-state index contributed by atoms with van der Waals surface area (Å²) in [7, 11) is 4.61. The smallest absolute Gasteiger partial charge is 0.432 e. The van der Waals surface area contributed by atoms with Gasteiger partial charge < -0.3 is 20.2 Å². The van der Waals surface area contributed by atoms with Gasteiger partial charge in [0.25, 0.3) is 0 Å². The summed E-state index contributed by atoms with van der Waals surface area (Å²) >= 11 is 1.61. The molecule has 0 radical (unpaired) electrons. The van der Waals surface area contributed by atoms with Gasteiger partial charge in [-0.1, -0.05) is 97.3 Å². The number of benzene rings is 2. The Kier molecular flexibility index (Phi) is 22.0. The molecule has 260 valence electrons. The summed E-state index contributed by atoms with van der Waals surface area (Å²) in [4.78, 5) is 24.5. The molecule has 0 aliphatic rings. The van der Waals surface area contributed by atoms with Crippen molar-refractivity contribution in [1.29, 1.82) is 0 Å². The number of halogens is 1. The van der Waals surface area contributed by atoms with Crippen molar-refractivity contribution in [2.45, 2.75) is 13.8 Å². The van der Waals surface area contributed by atoms with Crippen molar-refractivity contribution in [2.24, 2.45) is 0 Å². The molecule has 0 aliphatic carbocycles. The predicted octanol–water partition coefficient (Wildman–Crippen LogP) is 4.39. The molecule has 6 aromatic heterocycles. The summed E-state index contributed by atoms with van der Waals surface area (Å²) in [5.41, 5.74) is 10.1. The van der Waals surface area contributed by atoms with Crippen molar-refractivity contribution in [3.8, 4) is 45.0 Å². The maximum atomic E-state index is 4.61. The fourth-order valence-corrected chi connectivity index (χ4v) is 4.37. The number of hydrogen-bond acceptors (Lipinski definition) is 8. The summed E-state index contributed by atoms with van der Waals surface area (Å²) in [5, 5.41) is 13.4. The van der Waals surface area contributed by atoms with Crippen molar-refractivity contribution in [2.75, 3.05) is 0 Å². The van der Waals surface area contributed by atoms with Gasteiger partial charge in [-0.25, -0.2) is 0 Å². The molecular formula is C38H30ClN10NaPt2. The summed E-state index contributed by atoms with van der Waals surface area (Å²) in [6, 6.07) is 38.7. The van der Waals surface area contributed by atoms with E-state index in [0.29, 0.717) is 0 Å². The first-order valence-corrected chi connectivity index (χ1v) is 17.8. The zero-order valence-corrected chi connectivity index (χ0v) is 35.6. The Morgan fingerprint density at radius 3 is 0.962 bits per heavy atom. The van der Waals surface area contributed by atoms with Gasteiger partial charge in [0.1, 0.15) is 0 Å². The van der Waals surface area contributed by atoms with E-state index in [4.69, 9.17) is 0 Å². The number of pyridine rings is 4. The number of hydrogen-bond donors (Lipinski definition) is 0. The molecule has 8 rings (SSSR count). The van der Waals surface area contributed by atoms with Crippen LogP contribution in [-0.4, -0.2) is 40.1 Å². The van der Waals surface area contributed by atoms with Crippen molar-refractivity contribution in [3.05, 3.63) is 170 Å². The van der Waals surface area contributed by atoms with Crippen molar-refractivity contribution < 1.29 is 69.4 Å². The van der Waals surface area contributed by atoms with Crippen LogP contribution in [0.3, 0.4) is 0 Å². The Hall–Kier alpha value is -4.01. The van der Waals surface area contributed by atoms with Crippen LogP contribution in [0, 0.1) is 26.0 Å². The second-order valence-electron chi connectivity index (χ2n) is 10.1. The van der Waals surface area contributed by atoms with E-state index in [9.17, 15) is 0 Å². The molecule has 8 aromatic rings. The van der Waals surface area contributed by atoms with E-state index in [2.05, 4.69) is 110 Å². The molecule has 52 heavy (non-hydrogen) atoms. The molecule has 0 aliphatic heterocycles. The Labute approximate surface area is 355 Å². The first-order chi connectivity index (χ1) is 24.7. The fraction of sp³-hybridized carbons (Fsp3) is 0.0526. The second kappa shape index (κ2) is 25.9. The Bertz CT molecular complexity index is 1750. The first kappa shape index (κ1) is 44.1. The molecule has 10 nitrogen and oxygen atoms in total. The van der Waals surface area contributed by atoms with Crippen LogP contribution >= 0.6 is 9.42 Å². The molecule has 0 unspecified atom stereocenters. The molecule has 2 aromatic carbocycles. The SMILES string of the molecule is Cc1cc(-c2ccccn2)[c-]c(-c2ccccn2)c1.Cc1cc(-c2ccccn2)[c-]c(-c2ccccn2)c1.[Cl][Pt+].[Na+].[Pt+2].c1nc[n-]n1.c1nc[n-]n1. The first-order valence-electron chi connectivity index (χ1n) is 15.0. The van der Waals surface area contributed by atoms with Gasteiger partial charge in [0, 0.05) is 60.2 Å². The fourth-order valence-electron chi connectivity index (χ4n) is 4.37. The van der Waals surface area contributed by atoms with Gasteiger partial charge in [-0.05, 0) is 24.3 Å². The molecule has 14 heteroatoms. The van der Waals surface area contributed by atoms with E-state index in [0.717, 1.165) is 45.0 Å². The average Bonchev–Trinajstić information content (AvgIpc) is 3.98. The normalized spacial score (nSPS) is 9.25. The van der Waals surface area contributed by atoms with E-state index < -0.39 is 0 Å². The van der Waals surface area contributed by atoms with Crippen LogP contribution in [0.25, 0.3) is 45.0 Å². The van der Waals surface area contributed by atoms with Gasteiger partial charge >= 0.3 is 78.8 Å². The van der Waals surface area contributed by atoms with Gasteiger partial charge in [-0.3, -0.25) is 30.1 Å². The quantitative estimate of drug-likeness (QED) is 0.185. The molecule has 0 N–H and O–H groups in total. The van der Waals surface area contributed by atoms with Gasteiger partial charge in [0.2, 0.25) is 0 Å². The molecule has 0 saturated carbocycles. The van der Waals surface area contributed by atoms with Crippen LogP contribution in [-0.2, 0) is 39.8 Å². The molecule has 6 heterocycles. The van der Waals surface area contributed by atoms with Gasteiger partial charge in [0.05, 0.1) is 0 Å². The Morgan fingerprint density at radius 1 is 0.500 bits per heavy atom. The van der Waals surface area contributed by atoms with Crippen LogP contribution in [0.15, 0.2) is 147 Å². The number of rotatable bonds is 4. The standard InChI is InChI=1S/2C17H13N2.2C2H2N3.ClH.Na.2Pt/c2*1-13-10-14(16-6-2-4-8-18-16)12-15(11-13)17-7-3-5-9-19-17;2*1-3-2-5-4-1;;;;/h2*2-11H,1H3;2*1-2H;1H;;;/q4*-1;;+1;2*+2/p-1. The Morgan fingerprint density at radius 2 is 0.788 bits per heavy atom. The zero-order valence-electron chi connectivity index (χ0n) is 28.3. The average molecular weight is 1080 g/mol. The van der Waals surface area contributed by atoms with E-state index in [1.165, 1.54) is 36.4 Å². The molecule has 0 amide bonds. The summed E-state index contributed by atoms with van der Waals surface area (Å²) in [5.74, 6) is 0. The third kappa shape index (κ3) is 15.3. The van der Waals surface area contributed by atoms with E-state index in [1.54, 1.807) is 43.6 Å². The molecule has 0 fully saturated rings. The zero-order chi connectivity index (χ0) is 35.2. The molecular weight excluding hydrogens is 1050 g/mol. The minimum absolute atomic E-state index is 0. The third-order valence-corrected chi connectivity index (χ3v) is 6.40. The largest absolute Gasteiger partial charge is 2.00 e. The van der Waals surface area contributed by atoms with Crippen LogP contribution in [0.1, 0.15) is 11.1 Å². The third-order valence-electron chi connectivity index (χ3n) is 6.40. The summed E-state index contributed by atoms with van der Waals surface area (Å²) < 4.78 is 0. The topological polar surface area (TPSA) is 131 Å². The van der Waals surface area contributed by atoms with E-state index >= 15 is 0 Å². The van der Waals surface area contributed by atoms with Crippen LogP contribution in [0.4, 0.5) is 0 Å². The second-order valence-corrected chi connectivity index (χ2v) is 10.1. The number of nitrogens with zero attached hydrogens (tertiary/aromatic N) is 10. The molecule has 0 spiro atoms. The Balaban J connectivity index is 0.000000266. The predicted molar refractivity (Wildman–Crippen MR) is 190 cm³/mol. The summed E-state index contributed by atoms with van der Waals surface area (Å²) in [6.45, 7) is 4.15. The molecule has 0 saturated heterocycles. The van der Waals surface area contributed by atoms with Crippen LogP contribution < -0.4 is 39.8 Å². The molecule has 0 bridgehead atoms.